The van der Waals surface area contributed by atoms with E-state index < -0.39 is 6.17 Å². The van der Waals surface area contributed by atoms with Crippen molar-refractivity contribution in [2.75, 3.05) is 13.1 Å². The highest BCUT2D eigenvalue weighted by molar-refractivity contribution is 5.03. The standard InChI is InChI=1S/C11H20FN/c1-9(2)6-11-4-3-5-13(11)8-10(12)7-11/h9-10H,3-8H2,1-2H3. The Kier molecular flexibility index (Phi) is 2.35. The monoisotopic (exact) mass is 185 g/mol. The minimum absolute atomic E-state index is 0.258. The number of halogens is 1. The van der Waals surface area contributed by atoms with Crippen LogP contribution < -0.4 is 0 Å². The van der Waals surface area contributed by atoms with Gasteiger partial charge in [-0.15, -0.1) is 0 Å². The van der Waals surface area contributed by atoms with E-state index in [-0.39, 0.29) is 5.54 Å². The number of alkyl halides is 1. The number of nitrogens with zero attached hydrogens (tertiary/aromatic N) is 1. The summed E-state index contributed by atoms with van der Waals surface area (Å²) in [5, 5.41) is 0. The lowest BCUT2D eigenvalue weighted by Crippen LogP contribution is -2.39. The molecule has 0 amide bonds. The van der Waals surface area contributed by atoms with Crippen LogP contribution in [0.1, 0.15) is 39.5 Å². The summed E-state index contributed by atoms with van der Waals surface area (Å²) in [5.74, 6) is 0.700. The maximum atomic E-state index is 13.3. The van der Waals surface area contributed by atoms with Crippen LogP contribution in [0.15, 0.2) is 0 Å². The Morgan fingerprint density at radius 3 is 3.00 bits per heavy atom. The molecule has 2 aliphatic rings. The second kappa shape index (κ2) is 3.23. The van der Waals surface area contributed by atoms with E-state index in [1.807, 2.05) is 0 Å². The van der Waals surface area contributed by atoms with Crippen molar-refractivity contribution in [3.63, 3.8) is 0 Å². The predicted molar refractivity (Wildman–Crippen MR) is 52.5 cm³/mol. The summed E-state index contributed by atoms with van der Waals surface area (Å²) in [6.07, 6.45) is 3.93. The molecule has 2 saturated heterocycles. The van der Waals surface area contributed by atoms with Crippen molar-refractivity contribution in [1.82, 2.24) is 4.90 Å². The molecule has 2 rings (SSSR count). The molecule has 0 spiro atoms. The molecule has 76 valence electrons. The molecule has 2 unspecified atom stereocenters. The summed E-state index contributed by atoms with van der Waals surface area (Å²) in [6.45, 7) is 6.33. The van der Waals surface area contributed by atoms with E-state index in [1.54, 1.807) is 0 Å². The van der Waals surface area contributed by atoms with Gasteiger partial charge in [0.25, 0.3) is 0 Å². The molecule has 0 aromatic carbocycles. The van der Waals surface area contributed by atoms with Gasteiger partial charge in [0.2, 0.25) is 0 Å². The van der Waals surface area contributed by atoms with Gasteiger partial charge >= 0.3 is 0 Å². The van der Waals surface area contributed by atoms with Crippen LogP contribution in [0.25, 0.3) is 0 Å². The second-order valence-corrected chi connectivity index (χ2v) is 5.17. The zero-order valence-electron chi connectivity index (χ0n) is 8.72. The van der Waals surface area contributed by atoms with Crippen molar-refractivity contribution in [3.8, 4) is 0 Å². The first-order valence-corrected chi connectivity index (χ1v) is 5.51. The third kappa shape index (κ3) is 1.61. The van der Waals surface area contributed by atoms with Crippen LogP contribution in [0.3, 0.4) is 0 Å². The molecule has 13 heavy (non-hydrogen) atoms. The molecule has 1 nitrogen and oxygen atoms in total. The summed E-state index contributed by atoms with van der Waals surface area (Å²) in [6, 6.07) is 0. The van der Waals surface area contributed by atoms with Crippen LogP contribution in [-0.2, 0) is 0 Å². The Morgan fingerprint density at radius 1 is 1.54 bits per heavy atom. The van der Waals surface area contributed by atoms with Crippen LogP contribution in [0.2, 0.25) is 0 Å². The SMILES string of the molecule is CC(C)CC12CCCN1CC(F)C2. The summed E-state index contributed by atoms with van der Waals surface area (Å²) in [5.41, 5.74) is 0.258. The molecule has 2 atom stereocenters. The van der Waals surface area contributed by atoms with E-state index in [0.717, 1.165) is 13.0 Å². The lowest BCUT2D eigenvalue weighted by atomic mass is 9.85. The van der Waals surface area contributed by atoms with Crippen LogP contribution in [0.5, 0.6) is 0 Å². The Balaban J connectivity index is 2.09. The maximum Gasteiger partial charge on any atom is 0.115 e. The number of fused-ring (bicyclic) bond motifs is 1. The Bertz CT molecular complexity index is 193. The van der Waals surface area contributed by atoms with Gasteiger partial charge in [-0.1, -0.05) is 13.8 Å². The lowest BCUT2D eigenvalue weighted by Gasteiger charge is -2.33. The molecular weight excluding hydrogens is 165 g/mol. The largest absolute Gasteiger partial charge is 0.295 e. The van der Waals surface area contributed by atoms with Gasteiger partial charge in [0.05, 0.1) is 0 Å². The fourth-order valence-corrected chi connectivity index (χ4v) is 3.30. The number of hydrogen-bond acceptors (Lipinski definition) is 1. The van der Waals surface area contributed by atoms with Crippen molar-refractivity contribution in [2.24, 2.45) is 5.92 Å². The Hall–Kier alpha value is -0.110. The Labute approximate surface area is 80.3 Å². The smallest absolute Gasteiger partial charge is 0.115 e. The zero-order chi connectivity index (χ0) is 9.47. The molecule has 0 N–H and O–H groups in total. The van der Waals surface area contributed by atoms with Crippen LogP contribution in [-0.4, -0.2) is 29.7 Å². The molecule has 0 aromatic rings. The molecule has 0 aliphatic carbocycles. The van der Waals surface area contributed by atoms with Crippen molar-refractivity contribution < 1.29 is 4.39 Å². The third-order valence-corrected chi connectivity index (χ3v) is 3.55. The molecule has 0 bridgehead atoms. The molecule has 0 radical (unpaired) electrons. The van der Waals surface area contributed by atoms with E-state index in [4.69, 9.17) is 0 Å². The van der Waals surface area contributed by atoms with Gasteiger partial charge in [-0.25, -0.2) is 4.39 Å². The minimum Gasteiger partial charge on any atom is -0.295 e. The normalized spacial score (nSPS) is 40.2. The highest BCUT2D eigenvalue weighted by atomic mass is 19.1. The number of rotatable bonds is 2. The van der Waals surface area contributed by atoms with Gasteiger partial charge < -0.3 is 0 Å². The van der Waals surface area contributed by atoms with E-state index in [0.29, 0.717) is 12.5 Å². The number of hydrogen-bond donors (Lipinski definition) is 0. The van der Waals surface area contributed by atoms with Gasteiger partial charge in [-0.2, -0.15) is 0 Å². The van der Waals surface area contributed by atoms with Gasteiger partial charge in [0, 0.05) is 12.1 Å². The van der Waals surface area contributed by atoms with Gasteiger partial charge in [-0.3, -0.25) is 4.90 Å². The second-order valence-electron chi connectivity index (χ2n) is 5.17. The van der Waals surface area contributed by atoms with Gasteiger partial charge in [-0.05, 0) is 38.1 Å². The average molecular weight is 185 g/mol. The highest BCUT2D eigenvalue weighted by Gasteiger charge is 2.48. The molecule has 0 aromatic heterocycles. The summed E-state index contributed by atoms with van der Waals surface area (Å²) in [4.78, 5) is 2.40. The minimum atomic E-state index is -0.556. The molecule has 0 saturated carbocycles. The fraction of sp³-hybridized carbons (Fsp3) is 1.00. The third-order valence-electron chi connectivity index (χ3n) is 3.55. The van der Waals surface area contributed by atoms with Gasteiger partial charge in [0.15, 0.2) is 0 Å². The average Bonchev–Trinajstić information content (AvgIpc) is 2.40. The fourth-order valence-electron chi connectivity index (χ4n) is 3.30. The summed E-state index contributed by atoms with van der Waals surface area (Å²) < 4.78 is 13.3. The maximum absolute atomic E-state index is 13.3. The molecule has 2 heteroatoms. The zero-order valence-corrected chi connectivity index (χ0v) is 8.72. The van der Waals surface area contributed by atoms with E-state index in [1.165, 1.54) is 19.3 Å². The van der Waals surface area contributed by atoms with Crippen LogP contribution in [0.4, 0.5) is 4.39 Å². The molecule has 2 fully saturated rings. The van der Waals surface area contributed by atoms with Crippen LogP contribution >= 0.6 is 0 Å². The lowest BCUT2D eigenvalue weighted by molar-refractivity contribution is 0.163. The molecule has 2 aliphatic heterocycles. The topological polar surface area (TPSA) is 3.24 Å². The quantitative estimate of drug-likeness (QED) is 0.639. The summed E-state index contributed by atoms with van der Waals surface area (Å²) in [7, 11) is 0. The first-order chi connectivity index (χ1) is 6.12. The molecular formula is C11H20FN. The van der Waals surface area contributed by atoms with E-state index >= 15 is 0 Å². The van der Waals surface area contributed by atoms with Crippen molar-refractivity contribution in [2.45, 2.75) is 51.2 Å². The van der Waals surface area contributed by atoms with E-state index in [2.05, 4.69) is 18.7 Å². The van der Waals surface area contributed by atoms with E-state index in [9.17, 15) is 4.39 Å². The first-order valence-electron chi connectivity index (χ1n) is 5.51. The highest BCUT2D eigenvalue weighted by Crippen LogP contribution is 2.43. The Morgan fingerprint density at radius 2 is 2.31 bits per heavy atom. The van der Waals surface area contributed by atoms with Crippen molar-refractivity contribution in [1.29, 1.82) is 0 Å². The molecule has 2 heterocycles. The van der Waals surface area contributed by atoms with Crippen molar-refractivity contribution in [3.05, 3.63) is 0 Å². The van der Waals surface area contributed by atoms with Gasteiger partial charge in [0.1, 0.15) is 6.17 Å². The van der Waals surface area contributed by atoms with Crippen molar-refractivity contribution >= 4 is 0 Å². The summed E-state index contributed by atoms with van der Waals surface area (Å²) >= 11 is 0. The first kappa shape index (κ1) is 9.45. The predicted octanol–water partition coefficient (Wildman–Crippen LogP) is 2.61. The van der Waals surface area contributed by atoms with Crippen LogP contribution in [0, 0.1) is 5.92 Å².